The number of nitrogen functional groups attached to an aromatic ring is 1. The number of carbonyl (C=O) groups is 1. The Morgan fingerprint density at radius 1 is 1.31 bits per heavy atom. The van der Waals surface area contributed by atoms with Crippen molar-refractivity contribution < 1.29 is 9.53 Å². The lowest BCUT2D eigenvalue weighted by atomic mass is 10.1. The third-order valence-corrected chi connectivity index (χ3v) is 2.30. The lowest BCUT2D eigenvalue weighted by Gasteiger charge is -2.01. The number of anilines is 1. The van der Waals surface area contributed by atoms with Crippen LogP contribution in [-0.2, 0) is 0 Å². The van der Waals surface area contributed by atoms with Crippen LogP contribution in [0.15, 0.2) is 36.5 Å². The molecule has 1 aromatic carbocycles. The first-order chi connectivity index (χ1) is 7.70. The Morgan fingerprint density at radius 3 is 2.50 bits per heavy atom. The third-order valence-electron chi connectivity index (χ3n) is 2.30. The molecule has 4 heteroatoms. The number of nitrogens with two attached hydrogens (primary N) is 1. The molecule has 0 aliphatic carbocycles. The summed E-state index contributed by atoms with van der Waals surface area (Å²) in [7, 11) is 1.59. The van der Waals surface area contributed by atoms with E-state index in [9.17, 15) is 4.79 Å². The molecule has 4 nitrogen and oxygen atoms in total. The maximum atomic E-state index is 11.9. The van der Waals surface area contributed by atoms with E-state index < -0.39 is 0 Å². The Kier molecular flexibility index (Phi) is 2.64. The summed E-state index contributed by atoms with van der Waals surface area (Å²) < 4.78 is 5.02. The van der Waals surface area contributed by atoms with Crippen LogP contribution in [0.3, 0.4) is 0 Å². The van der Waals surface area contributed by atoms with Crippen LogP contribution in [-0.4, -0.2) is 17.9 Å². The number of hydrogen-bond acceptors (Lipinski definition) is 3. The van der Waals surface area contributed by atoms with Crippen LogP contribution in [0.1, 0.15) is 16.1 Å². The van der Waals surface area contributed by atoms with E-state index in [0.717, 1.165) is 5.75 Å². The number of ketones is 1. The van der Waals surface area contributed by atoms with Gasteiger partial charge in [-0.05, 0) is 30.3 Å². The molecule has 0 aliphatic rings. The van der Waals surface area contributed by atoms with Gasteiger partial charge in [0.1, 0.15) is 5.75 Å². The molecule has 0 bridgehead atoms. The number of H-pyrrole nitrogens is 1. The van der Waals surface area contributed by atoms with E-state index >= 15 is 0 Å². The van der Waals surface area contributed by atoms with Crippen molar-refractivity contribution in [2.45, 2.75) is 0 Å². The summed E-state index contributed by atoms with van der Waals surface area (Å²) in [4.78, 5) is 14.8. The number of hydrogen-bond donors (Lipinski definition) is 2. The van der Waals surface area contributed by atoms with Gasteiger partial charge in [0.25, 0.3) is 0 Å². The van der Waals surface area contributed by atoms with Crippen LogP contribution in [0.4, 0.5) is 5.69 Å². The number of carbonyl (C=O) groups excluding carboxylic acids is 1. The van der Waals surface area contributed by atoms with E-state index in [2.05, 4.69) is 4.98 Å². The molecule has 0 radical (unpaired) electrons. The van der Waals surface area contributed by atoms with Crippen molar-refractivity contribution in [3.8, 4) is 5.75 Å². The van der Waals surface area contributed by atoms with Crippen LogP contribution in [0.2, 0.25) is 0 Å². The van der Waals surface area contributed by atoms with Gasteiger partial charge < -0.3 is 15.5 Å². The predicted octanol–water partition coefficient (Wildman–Crippen LogP) is 1.84. The molecular formula is C12H12N2O2. The van der Waals surface area contributed by atoms with Crippen molar-refractivity contribution >= 4 is 11.5 Å². The molecule has 0 saturated carbocycles. The summed E-state index contributed by atoms with van der Waals surface area (Å²) >= 11 is 0. The van der Waals surface area contributed by atoms with Gasteiger partial charge in [-0.2, -0.15) is 0 Å². The lowest BCUT2D eigenvalue weighted by Crippen LogP contribution is -2.01. The van der Waals surface area contributed by atoms with Crippen molar-refractivity contribution in [1.82, 2.24) is 4.98 Å². The summed E-state index contributed by atoms with van der Waals surface area (Å²) in [6.07, 6.45) is 1.59. The predicted molar refractivity (Wildman–Crippen MR) is 61.6 cm³/mol. The van der Waals surface area contributed by atoms with Crippen LogP contribution in [0.5, 0.6) is 5.75 Å². The SMILES string of the molecule is COc1ccc(C(=O)c2cc(N)c[nH]2)cc1. The molecule has 0 unspecified atom stereocenters. The zero-order valence-electron chi connectivity index (χ0n) is 8.86. The van der Waals surface area contributed by atoms with E-state index in [1.54, 1.807) is 43.6 Å². The first kappa shape index (κ1) is 10.3. The fraction of sp³-hybridized carbons (Fsp3) is 0.0833. The lowest BCUT2D eigenvalue weighted by molar-refractivity contribution is 0.103. The molecule has 1 heterocycles. The highest BCUT2D eigenvalue weighted by Gasteiger charge is 2.10. The molecule has 0 amide bonds. The smallest absolute Gasteiger partial charge is 0.209 e. The van der Waals surface area contributed by atoms with Crippen LogP contribution in [0.25, 0.3) is 0 Å². The summed E-state index contributed by atoms with van der Waals surface area (Å²) in [6, 6.07) is 8.56. The van der Waals surface area contributed by atoms with Gasteiger partial charge in [-0.15, -0.1) is 0 Å². The molecule has 16 heavy (non-hydrogen) atoms. The minimum Gasteiger partial charge on any atom is -0.497 e. The maximum absolute atomic E-state index is 11.9. The molecule has 3 N–H and O–H groups in total. The Hall–Kier alpha value is -2.23. The molecule has 2 aromatic rings. The summed E-state index contributed by atoms with van der Waals surface area (Å²) in [5.74, 6) is 0.641. The number of aromatic amines is 1. The summed E-state index contributed by atoms with van der Waals surface area (Å²) in [5.41, 5.74) is 7.18. The van der Waals surface area contributed by atoms with Crippen LogP contribution < -0.4 is 10.5 Å². The third kappa shape index (κ3) is 1.91. The number of rotatable bonds is 3. The number of nitrogens with one attached hydrogen (secondary N) is 1. The highest BCUT2D eigenvalue weighted by Crippen LogP contribution is 2.15. The van der Waals surface area contributed by atoms with Gasteiger partial charge in [-0.25, -0.2) is 0 Å². The molecule has 0 atom stereocenters. The zero-order chi connectivity index (χ0) is 11.5. The average molecular weight is 216 g/mol. The number of benzene rings is 1. The van der Waals surface area contributed by atoms with Crippen molar-refractivity contribution in [3.63, 3.8) is 0 Å². The van der Waals surface area contributed by atoms with Gasteiger partial charge in [0, 0.05) is 17.4 Å². The molecule has 82 valence electrons. The second-order valence-corrected chi connectivity index (χ2v) is 3.40. The molecule has 0 saturated heterocycles. The Balaban J connectivity index is 2.27. The number of aromatic nitrogens is 1. The minimum absolute atomic E-state index is 0.0839. The van der Waals surface area contributed by atoms with Crippen molar-refractivity contribution in [2.75, 3.05) is 12.8 Å². The fourth-order valence-electron chi connectivity index (χ4n) is 1.44. The molecule has 0 spiro atoms. The minimum atomic E-state index is -0.0839. The topological polar surface area (TPSA) is 68.1 Å². The van der Waals surface area contributed by atoms with Gasteiger partial charge in [-0.3, -0.25) is 4.79 Å². The summed E-state index contributed by atoms with van der Waals surface area (Å²) in [5, 5.41) is 0. The molecular weight excluding hydrogens is 204 g/mol. The fourth-order valence-corrected chi connectivity index (χ4v) is 1.44. The number of methoxy groups -OCH3 is 1. The largest absolute Gasteiger partial charge is 0.497 e. The van der Waals surface area contributed by atoms with Gasteiger partial charge in [0.15, 0.2) is 0 Å². The average Bonchev–Trinajstić information content (AvgIpc) is 2.75. The van der Waals surface area contributed by atoms with Crippen molar-refractivity contribution in [1.29, 1.82) is 0 Å². The molecule has 1 aromatic heterocycles. The second kappa shape index (κ2) is 4.10. The van der Waals surface area contributed by atoms with E-state index in [-0.39, 0.29) is 5.78 Å². The van der Waals surface area contributed by atoms with Gasteiger partial charge >= 0.3 is 0 Å². The van der Waals surface area contributed by atoms with Crippen molar-refractivity contribution in [3.05, 3.63) is 47.8 Å². The highest BCUT2D eigenvalue weighted by atomic mass is 16.5. The highest BCUT2D eigenvalue weighted by molar-refractivity contribution is 6.08. The second-order valence-electron chi connectivity index (χ2n) is 3.40. The van der Waals surface area contributed by atoms with Crippen LogP contribution in [0, 0.1) is 0 Å². The van der Waals surface area contributed by atoms with Crippen LogP contribution >= 0.6 is 0 Å². The quantitative estimate of drug-likeness (QED) is 0.769. The Bertz CT molecular complexity index is 500. The zero-order valence-corrected chi connectivity index (χ0v) is 8.86. The van der Waals surface area contributed by atoms with Gasteiger partial charge in [0.05, 0.1) is 12.8 Å². The molecule has 0 aliphatic heterocycles. The first-order valence-corrected chi connectivity index (χ1v) is 4.83. The van der Waals surface area contributed by atoms with Gasteiger partial charge in [-0.1, -0.05) is 0 Å². The summed E-state index contributed by atoms with van der Waals surface area (Å²) in [6.45, 7) is 0. The van der Waals surface area contributed by atoms with Crippen molar-refractivity contribution in [2.24, 2.45) is 0 Å². The Labute approximate surface area is 93.0 Å². The van der Waals surface area contributed by atoms with Gasteiger partial charge in [0.2, 0.25) is 5.78 Å². The number of ether oxygens (including phenoxy) is 1. The molecule has 0 fully saturated rings. The maximum Gasteiger partial charge on any atom is 0.209 e. The van der Waals surface area contributed by atoms with E-state index in [0.29, 0.717) is 16.9 Å². The Morgan fingerprint density at radius 2 is 2.00 bits per heavy atom. The standard InChI is InChI=1S/C12H12N2O2/c1-16-10-4-2-8(3-5-10)12(15)11-6-9(13)7-14-11/h2-7,14H,13H2,1H3. The van der Waals surface area contributed by atoms with E-state index in [1.165, 1.54) is 0 Å². The first-order valence-electron chi connectivity index (χ1n) is 4.83. The normalized spacial score (nSPS) is 10.1. The van der Waals surface area contributed by atoms with E-state index in [1.807, 2.05) is 0 Å². The monoisotopic (exact) mass is 216 g/mol. The van der Waals surface area contributed by atoms with E-state index in [4.69, 9.17) is 10.5 Å². The molecule has 2 rings (SSSR count).